The third-order valence-corrected chi connectivity index (χ3v) is 5.67. The van der Waals surface area contributed by atoms with Crippen LogP contribution in [-0.4, -0.2) is 31.9 Å². The summed E-state index contributed by atoms with van der Waals surface area (Å²) in [4.78, 5) is 4.73. The second-order valence-corrected chi connectivity index (χ2v) is 7.38. The van der Waals surface area contributed by atoms with E-state index in [-0.39, 0.29) is 0 Å². The molecule has 0 atom stereocenters. The van der Waals surface area contributed by atoms with Gasteiger partial charge in [0, 0.05) is 74.0 Å². The van der Waals surface area contributed by atoms with Gasteiger partial charge in [0.25, 0.3) is 0 Å². The van der Waals surface area contributed by atoms with E-state index in [0.29, 0.717) is 0 Å². The fraction of sp³-hybridized carbons (Fsp3) is 0.296. The molecule has 0 heterocycles. The van der Waals surface area contributed by atoms with Crippen molar-refractivity contribution in [2.24, 2.45) is 0 Å². The molecule has 2 aromatic rings. The van der Waals surface area contributed by atoms with Gasteiger partial charge in [-0.05, 0) is 69.7 Å². The van der Waals surface area contributed by atoms with Gasteiger partial charge in [-0.3, -0.25) is 0 Å². The number of benzene rings is 2. The second kappa shape index (κ2) is 10.1. The highest BCUT2D eigenvalue weighted by Crippen LogP contribution is 2.27. The summed E-state index contributed by atoms with van der Waals surface area (Å²) in [7, 11) is 0. The zero-order valence-corrected chi connectivity index (χ0v) is 18.8. The molecule has 0 bridgehead atoms. The molecule has 0 saturated carbocycles. The Morgan fingerprint density at radius 1 is 0.600 bits per heavy atom. The minimum absolute atomic E-state index is 1.01. The van der Waals surface area contributed by atoms with E-state index in [0.717, 1.165) is 48.8 Å². The van der Waals surface area contributed by atoms with Gasteiger partial charge in [-0.15, -0.1) is 0 Å². The Hall–Kier alpha value is -3.07. The normalized spacial score (nSPS) is 12.9. The van der Waals surface area contributed by atoms with Gasteiger partial charge in [-0.2, -0.15) is 4.58 Å². The van der Waals surface area contributed by atoms with E-state index in [4.69, 9.17) is 0 Å². The number of hydrogen-bond donors (Lipinski definition) is 0. The average molecular weight is 401 g/mol. The van der Waals surface area contributed by atoms with Crippen LogP contribution in [0.15, 0.2) is 85.0 Å². The largest absolute Gasteiger partial charge is 0.372 e. The van der Waals surface area contributed by atoms with Gasteiger partial charge in [0.05, 0.1) is 0 Å². The van der Waals surface area contributed by atoms with Crippen LogP contribution >= 0.6 is 0 Å². The standard InChI is InChI=1S/C27H34N3/c1-6-28(7-2)23-14-18-26(19-15-23)30(25-12-10-22(5)11-13-25)27-20-16-24(17-21-27)29(8-3)9-4/h10-21H,5-9H2,1-4H3/q+1. The molecule has 156 valence electrons. The number of hydrogen-bond acceptors (Lipinski definition) is 2. The van der Waals surface area contributed by atoms with Crippen LogP contribution in [0, 0.1) is 0 Å². The number of anilines is 2. The number of rotatable bonds is 8. The molecule has 0 amide bonds. The maximum Gasteiger partial charge on any atom is 0.211 e. The first kappa shape index (κ1) is 21.6. The predicted molar refractivity (Wildman–Crippen MR) is 134 cm³/mol. The molecular weight excluding hydrogens is 366 g/mol. The zero-order valence-electron chi connectivity index (χ0n) is 18.8. The lowest BCUT2D eigenvalue weighted by atomic mass is 10.1. The van der Waals surface area contributed by atoms with Crippen molar-refractivity contribution in [2.45, 2.75) is 27.7 Å². The summed E-state index contributed by atoms with van der Waals surface area (Å²) in [6.07, 6.45) is 8.41. The van der Waals surface area contributed by atoms with Gasteiger partial charge < -0.3 is 9.80 Å². The van der Waals surface area contributed by atoms with E-state index >= 15 is 0 Å². The van der Waals surface area contributed by atoms with Crippen LogP contribution in [0.2, 0.25) is 0 Å². The zero-order chi connectivity index (χ0) is 21.5. The molecule has 0 spiro atoms. The molecule has 30 heavy (non-hydrogen) atoms. The molecule has 0 radical (unpaired) electrons. The predicted octanol–water partition coefficient (Wildman–Crippen LogP) is 6.34. The molecule has 0 aliphatic heterocycles. The molecule has 1 aliphatic rings. The molecular formula is C27H34N3+. The van der Waals surface area contributed by atoms with Gasteiger partial charge in [0.15, 0.2) is 0 Å². The smallest absolute Gasteiger partial charge is 0.211 e. The second-order valence-electron chi connectivity index (χ2n) is 7.38. The molecule has 0 unspecified atom stereocenters. The van der Waals surface area contributed by atoms with Crippen LogP contribution < -0.4 is 14.4 Å². The van der Waals surface area contributed by atoms with Crippen molar-refractivity contribution in [3.8, 4) is 0 Å². The third-order valence-electron chi connectivity index (χ3n) is 5.67. The van der Waals surface area contributed by atoms with Gasteiger partial charge in [0.2, 0.25) is 17.1 Å². The van der Waals surface area contributed by atoms with Crippen molar-refractivity contribution < 1.29 is 0 Å². The first-order chi connectivity index (χ1) is 14.6. The Balaban J connectivity index is 2.05. The van der Waals surface area contributed by atoms with Crippen LogP contribution in [0.4, 0.5) is 22.7 Å². The van der Waals surface area contributed by atoms with Crippen molar-refractivity contribution in [2.75, 3.05) is 36.0 Å². The van der Waals surface area contributed by atoms with Crippen LogP contribution in [0.25, 0.3) is 0 Å². The van der Waals surface area contributed by atoms with Gasteiger partial charge in [-0.25, -0.2) is 0 Å². The maximum atomic E-state index is 4.04. The Morgan fingerprint density at radius 3 is 1.30 bits per heavy atom. The third kappa shape index (κ3) is 4.73. The molecule has 3 rings (SSSR count). The van der Waals surface area contributed by atoms with Gasteiger partial charge >= 0.3 is 0 Å². The maximum absolute atomic E-state index is 4.04. The fourth-order valence-corrected chi connectivity index (χ4v) is 3.89. The first-order valence-corrected chi connectivity index (χ1v) is 11.0. The average Bonchev–Trinajstić information content (AvgIpc) is 2.79. The highest BCUT2D eigenvalue weighted by atomic mass is 15.1. The molecule has 0 saturated heterocycles. The number of nitrogens with zero attached hydrogens (tertiary/aromatic N) is 3. The van der Waals surface area contributed by atoms with Crippen molar-refractivity contribution in [3.63, 3.8) is 0 Å². The monoisotopic (exact) mass is 400 g/mol. The minimum Gasteiger partial charge on any atom is -0.372 e. The van der Waals surface area contributed by atoms with E-state index < -0.39 is 0 Å². The number of allylic oxidation sites excluding steroid dienone is 5. The highest BCUT2D eigenvalue weighted by molar-refractivity contribution is 6.08. The lowest BCUT2D eigenvalue weighted by Gasteiger charge is -2.21. The minimum atomic E-state index is 1.01. The van der Waals surface area contributed by atoms with Crippen LogP contribution in [0.3, 0.4) is 0 Å². The summed E-state index contributed by atoms with van der Waals surface area (Å²) in [5, 5.41) is 0. The molecule has 1 aliphatic carbocycles. The van der Waals surface area contributed by atoms with E-state index in [1.165, 1.54) is 11.4 Å². The molecule has 0 aromatic heterocycles. The summed E-state index contributed by atoms with van der Waals surface area (Å²) < 4.78 is 2.30. The van der Waals surface area contributed by atoms with Gasteiger partial charge in [0.1, 0.15) is 0 Å². The highest BCUT2D eigenvalue weighted by Gasteiger charge is 2.20. The topological polar surface area (TPSA) is 9.49 Å². The molecule has 3 nitrogen and oxygen atoms in total. The van der Waals surface area contributed by atoms with Crippen molar-refractivity contribution in [1.82, 2.24) is 4.58 Å². The fourth-order valence-electron chi connectivity index (χ4n) is 3.89. The van der Waals surface area contributed by atoms with E-state index in [9.17, 15) is 0 Å². The summed E-state index contributed by atoms with van der Waals surface area (Å²) in [6, 6.07) is 17.7. The Morgan fingerprint density at radius 2 is 0.967 bits per heavy atom. The van der Waals surface area contributed by atoms with Crippen molar-refractivity contribution in [3.05, 3.63) is 85.0 Å². The lowest BCUT2D eigenvalue weighted by molar-refractivity contribution is 0.865. The van der Waals surface area contributed by atoms with E-state index in [1.54, 1.807) is 0 Å². The summed E-state index contributed by atoms with van der Waals surface area (Å²) >= 11 is 0. The Bertz CT molecular complexity index is 863. The summed E-state index contributed by atoms with van der Waals surface area (Å²) in [6.45, 7) is 16.9. The van der Waals surface area contributed by atoms with E-state index in [1.807, 2.05) is 0 Å². The Labute approximate surface area is 182 Å². The molecule has 2 aromatic carbocycles. The van der Waals surface area contributed by atoms with Crippen molar-refractivity contribution in [1.29, 1.82) is 0 Å². The van der Waals surface area contributed by atoms with Gasteiger partial charge in [-0.1, -0.05) is 6.58 Å². The Kier molecular flexibility index (Phi) is 7.29. The van der Waals surface area contributed by atoms with Crippen LogP contribution in [-0.2, 0) is 0 Å². The quantitative estimate of drug-likeness (QED) is 0.479. The first-order valence-electron chi connectivity index (χ1n) is 11.0. The van der Waals surface area contributed by atoms with Crippen molar-refractivity contribution >= 4 is 28.5 Å². The SMILES string of the molecule is C=C1C=CC(=[N+](c2ccc(N(CC)CC)cc2)c2ccc(N(CC)CC)cc2)C=C1. The molecule has 0 fully saturated rings. The molecule has 0 N–H and O–H groups in total. The van der Waals surface area contributed by atoms with Crippen LogP contribution in [0.5, 0.6) is 0 Å². The van der Waals surface area contributed by atoms with E-state index in [2.05, 4.69) is 121 Å². The van der Waals surface area contributed by atoms with Crippen LogP contribution in [0.1, 0.15) is 27.7 Å². The molecule has 3 heteroatoms. The summed E-state index contributed by atoms with van der Waals surface area (Å²) in [5.41, 5.74) is 6.97. The lowest BCUT2D eigenvalue weighted by Crippen LogP contribution is -2.22. The summed E-state index contributed by atoms with van der Waals surface area (Å²) in [5.74, 6) is 0.